The van der Waals surface area contributed by atoms with E-state index in [1.54, 1.807) is 9.58 Å². The zero-order chi connectivity index (χ0) is 21.0. The van der Waals surface area contributed by atoms with Crippen LogP contribution in [0.25, 0.3) is 5.82 Å². The van der Waals surface area contributed by atoms with E-state index in [-0.39, 0.29) is 18.7 Å². The monoisotopic (exact) mass is 414 g/mol. The molecule has 0 unspecified atom stereocenters. The number of hydrogen-bond acceptors (Lipinski definition) is 6. The largest absolute Gasteiger partial charge is 0.361 e. The van der Waals surface area contributed by atoms with Crippen molar-refractivity contribution >= 4 is 19.8 Å². The molecule has 4 heterocycles. The van der Waals surface area contributed by atoms with E-state index in [2.05, 4.69) is 41.8 Å². The van der Waals surface area contributed by atoms with E-state index in [1.165, 1.54) is 11.9 Å². The number of aromatic nitrogens is 4. The van der Waals surface area contributed by atoms with Gasteiger partial charge in [-0.3, -0.25) is 9.69 Å². The van der Waals surface area contributed by atoms with Crippen molar-refractivity contribution in [2.45, 2.75) is 64.5 Å². The first-order valence-corrected chi connectivity index (χ1v) is 13.9. The van der Waals surface area contributed by atoms with E-state index in [0.29, 0.717) is 18.2 Å². The van der Waals surface area contributed by atoms with Gasteiger partial charge in [-0.15, -0.1) is 0 Å². The Kier molecular flexibility index (Phi) is 4.87. The third-order valence-electron chi connectivity index (χ3n) is 5.77. The number of carbonyl (C=O) groups is 1. The maximum atomic E-state index is 13.2. The number of anilines is 1. The quantitative estimate of drug-likeness (QED) is 0.578. The Hall–Kier alpha value is -2.10. The SMILES string of the molecule is C[C@H]1NCc2nn(-c3ncnc4c3C(C)(C)C(=O)N4COCC[Si](C)(C)C)cc21. The summed E-state index contributed by atoms with van der Waals surface area (Å²) < 4.78 is 7.67. The zero-order valence-corrected chi connectivity index (χ0v) is 19.1. The van der Waals surface area contributed by atoms with Gasteiger partial charge >= 0.3 is 0 Å². The molecule has 2 aromatic rings. The molecule has 0 radical (unpaired) electrons. The molecule has 2 aliphatic heterocycles. The van der Waals surface area contributed by atoms with Gasteiger partial charge in [-0.25, -0.2) is 14.6 Å². The van der Waals surface area contributed by atoms with Crippen molar-refractivity contribution in [3.8, 4) is 5.82 Å². The summed E-state index contributed by atoms with van der Waals surface area (Å²) in [5.74, 6) is 1.27. The van der Waals surface area contributed by atoms with Crippen LogP contribution in [0.5, 0.6) is 0 Å². The van der Waals surface area contributed by atoms with Gasteiger partial charge in [0.15, 0.2) is 5.82 Å². The molecule has 0 aliphatic carbocycles. The fourth-order valence-electron chi connectivity index (χ4n) is 3.89. The Morgan fingerprint density at radius 3 is 2.69 bits per heavy atom. The lowest BCUT2D eigenvalue weighted by atomic mass is 9.87. The Morgan fingerprint density at radius 1 is 1.28 bits per heavy atom. The van der Waals surface area contributed by atoms with Crippen LogP contribution in [-0.4, -0.2) is 47.1 Å². The van der Waals surface area contributed by atoms with E-state index >= 15 is 0 Å². The molecule has 0 bridgehead atoms. The highest BCUT2D eigenvalue weighted by atomic mass is 28.3. The van der Waals surface area contributed by atoms with Crippen molar-refractivity contribution < 1.29 is 9.53 Å². The van der Waals surface area contributed by atoms with Gasteiger partial charge in [0.25, 0.3) is 0 Å². The molecule has 0 saturated carbocycles. The van der Waals surface area contributed by atoms with Crippen molar-refractivity contribution in [2.75, 3.05) is 18.2 Å². The van der Waals surface area contributed by atoms with Gasteiger partial charge in [0.05, 0.1) is 16.7 Å². The smallest absolute Gasteiger partial charge is 0.240 e. The highest BCUT2D eigenvalue weighted by Crippen LogP contribution is 2.42. The third kappa shape index (κ3) is 3.51. The summed E-state index contributed by atoms with van der Waals surface area (Å²) >= 11 is 0. The predicted molar refractivity (Wildman–Crippen MR) is 114 cm³/mol. The van der Waals surface area contributed by atoms with Crippen molar-refractivity contribution in [2.24, 2.45) is 0 Å². The summed E-state index contributed by atoms with van der Waals surface area (Å²) in [6, 6.07) is 1.32. The number of carbonyl (C=O) groups excluding carboxylic acids is 1. The van der Waals surface area contributed by atoms with Crippen molar-refractivity contribution in [1.29, 1.82) is 0 Å². The Balaban J connectivity index is 1.65. The topological polar surface area (TPSA) is 85.2 Å². The molecule has 8 nitrogen and oxygen atoms in total. The summed E-state index contributed by atoms with van der Waals surface area (Å²) in [6.07, 6.45) is 3.52. The standard InChI is InChI=1S/C20H30N6O2Si/c1-13-14-10-26(24-15(14)9-21-13)18-16-17(22-11-23-18)25(19(27)20(16,2)3)12-28-7-8-29(4,5)6/h10-11,13,21H,7-9,12H2,1-6H3/t13-/m1/s1. The van der Waals surface area contributed by atoms with Crippen LogP contribution in [0.15, 0.2) is 12.5 Å². The minimum Gasteiger partial charge on any atom is -0.361 e. The van der Waals surface area contributed by atoms with Crippen molar-refractivity contribution in [3.05, 3.63) is 29.3 Å². The van der Waals surface area contributed by atoms with Gasteiger partial charge in [0.2, 0.25) is 5.91 Å². The maximum Gasteiger partial charge on any atom is 0.240 e. The van der Waals surface area contributed by atoms with Crippen LogP contribution in [0.4, 0.5) is 5.82 Å². The number of fused-ring (bicyclic) bond motifs is 2. The molecule has 2 aromatic heterocycles. The van der Waals surface area contributed by atoms with E-state index in [4.69, 9.17) is 9.84 Å². The van der Waals surface area contributed by atoms with Crippen LogP contribution in [0.1, 0.15) is 43.6 Å². The highest BCUT2D eigenvalue weighted by molar-refractivity contribution is 6.76. The summed E-state index contributed by atoms with van der Waals surface area (Å²) in [6.45, 7) is 14.5. The zero-order valence-electron chi connectivity index (χ0n) is 18.1. The molecule has 1 N–H and O–H groups in total. The minimum absolute atomic E-state index is 0.0167. The molecule has 1 atom stereocenters. The fourth-order valence-corrected chi connectivity index (χ4v) is 4.65. The first-order chi connectivity index (χ1) is 13.6. The lowest BCUT2D eigenvalue weighted by Crippen LogP contribution is -2.38. The second kappa shape index (κ2) is 7.00. The predicted octanol–water partition coefficient (Wildman–Crippen LogP) is 2.76. The number of rotatable bonds is 6. The molecule has 9 heteroatoms. The third-order valence-corrected chi connectivity index (χ3v) is 7.47. The van der Waals surface area contributed by atoms with E-state index in [1.807, 2.05) is 20.0 Å². The Labute approximate surface area is 172 Å². The van der Waals surface area contributed by atoms with Crippen molar-refractivity contribution in [1.82, 2.24) is 25.1 Å². The molecule has 0 fully saturated rings. The summed E-state index contributed by atoms with van der Waals surface area (Å²) in [7, 11) is -1.18. The van der Waals surface area contributed by atoms with E-state index < -0.39 is 13.5 Å². The van der Waals surface area contributed by atoms with Crippen molar-refractivity contribution in [3.63, 3.8) is 0 Å². The molecular formula is C20H30N6O2Si. The molecule has 0 aromatic carbocycles. The van der Waals surface area contributed by atoms with E-state index in [0.717, 1.165) is 23.8 Å². The van der Waals surface area contributed by atoms with Crippen LogP contribution < -0.4 is 10.2 Å². The summed E-state index contributed by atoms with van der Waals surface area (Å²) in [5.41, 5.74) is 2.26. The fraction of sp³-hybridized carbons (Fsp3) is 0.600. The molecule has 4 rings (SSSR count). The number of ether oxygens (including phenoxy) is 1. The first kappa shape index (κ1) is 20.2. The van der Waals surface area contributed by atoms with Crippen LogP contribution in [-0.2, 0) is 21.5 Å². The molecule has 1 amide bonds. The average molecular weight is 415 g/mol. The normalized spacial score (nSPS) is 20.3. The van der Waals surface area contributed by atoms with Gasteiger partial charge in [-0.2, -0.15) is 5.10 Å². The number of hydrogen-bond donors (Lipinski definition) is 1. The van der Waals surface area contributed by atoms with Crippen LogP contribution in [0.3, 0.4) is 0 Å². The molecule has 0 spiro atoms. The Morgan fingerprint density at radius 2 is 2.00 bits per heavy atom. The van der Waals surface area contributed by atoms with Crippen LogP contribution in [0.2, 0.25) is 25.7 Å². The number of nitrogens with one attached hydrogen (secondary N) is 1. The minimum atomic E-state index is -1.18. The second-order valence-corrected chi connectivity index (χ2v) is 15.3. The van der Waals surface area contributed by atoms with Gasteiger partial charge in [0, 0.05) is 39.0 Å². The summed E-state index contributed by atoms with van der Waals surface area (Å²) in [4.78, 5) is 23.8. The molecule has 29 heavy (non-hydrogen) atoms. The lowest BCUT2D eigenvalue weighted by molar-refractivity contribution is -0.123. The molecule has 0 saturated heterocycles. The second-order valence-electron chi connectivity index (χ2n) is 9.68. The van der Waals surface area contributed by atoms with Gasteiger partial charge in [-0.05, 0) is 26.8 Å². The van der Waals surface area contributed by atoms with Crippen LogP contribution in [0, 0.1) is 0 Å². The average Bonchev–Trinajstić information content (AvgIpc) is 3.26. The maximum absolute atomic E-state index is 13.2. The summed E-state index contributed by atoms with van der Waals surface area (Å²) in [5, 5.41) is 8.10. The van der Waals surface area contributed by atoms with Gasteiger partial charge < -0.3 is 10.1 Å². The molecule has 2 aliphatic rings. The number of amides is 1. The lowest BCUT2D eigenvalue weighted by Gasteiger charge is -2.21. The first-order valence-electron chi connectivity index (χ1n) is 10.2. The van der Waals surface area contributed by atoms with Gasteiger partial charge in [-0.1, -0.05) is 19.6 Å². The number of nitrogens with zero attached hydrogens (tertiary/aromatic N) is 5. The molecular weight excluding hydrogens is 384 g/mol. The van der Waals surface area contributed by atoms with Gasteiger partial charge in [0.1, 0.15) is 18.9 Å². The van der Waals surface area contributed by atoms with Crippen LogP contribution >= 0.6 is 0 Å². The molecule has 156 valence electrons. The van der Waals surface area contributed by atoms with E-state index in [9.17, 15) is 4.79 Å². The highest BCUT2D eigenvalue weighted by Gasteiger charge is 2.48. The Bertz CT molecular complexity index is 949.